The highest BCUT2D eigenvalue weighted by Crippen LogP contribution is 2.21. The first kappa shape index (κ1) is 23.7. The lowest BCUT2D eigenvalue weighted by molar-refractivity contribution is -0.121. The smallest absolute Gasteiger partial charge is 0.316 e. The Morgan fingerprint density at radius 2 is 1.62 bits per heavy atom. The van der Waals surface area contributed by atoms with E-state index in [1.54, 1.807) is 40.7 Å². The van der Waals surface area contributed by atoms with Gasteiger partial charge in [-0.25, -0.2) is 13.2 Å². The largest absolute Gasteiger partial charge is 0.351 e. The van der Waals surface area contributed by atoms with Gasteiger partial charge < -0.3 is 16.4 Å². The number of amides is 3. The molecular weight excluding hydrogens is 428 g/mol. The van der Waals surface area contributed by atoms with Gasteiger partial charge in [-0.1, -0.05) is 30.7 Å². The second-order valence-corrected chi connectivity index (χ2v) is 9.95. The average molecular weight is 459 g/mol. The minimum absolute atomic E-state index is 0.0955. The summed E-state index contributed by atoms with van der Waals surface area (Å²) in [6.07, 6.45) is 3.69. The lowest BCUT2D eigenvalue weighted by atomic mass is 10.1. The van der Waals surface area contributed by atoms with E-state index >= 15 is 0 Å². The Hall–Kier alpha value is -2.91. The Morgan fingerprint density at radius 3 is 2.22 bits per heavy atom. The van der Waals surface area contributed by atoms with Gasteiger partial charge >= 0.3 is 6.03 Å². The average Bonchev–Trinajstić information content (AvgIpc) is 2.78. The number of carbonyl (C=O) groups excluding carboxylic acids is 2. The molecule has 32 heavy (non-hydrogen) atoms. The van der Waals surface area contributed by atoms with Crippen LogP contribution in [0.2, 0.25) is 0 Å². The number of nitrogens with two attached hydrogens (primary N) is 1. The molecule has 0 bridgehead atoms. The second-order valence-electron chi connectivity index (χ2n) is 8.01. The van der Waals surface area contributed by atoms with Gasteiger partial charge in [-0.3, -0.25) is 4.79 Å². The summed E-state index contributed by atoms with van der Waals surface area (Å²) < 4.78 is 27.0. The van der Waals surface area contributed by atoms with Crippen LogP contribution in [0.5, 0.6) is 0 Å². The lowest BCUT2D eigenvalue weighted by Crippen LogP contribution is -2.35. The molecule has 0 aromatic heterocycles. The predicted molar refractivity (Wildman–Crippen MR) is 124 cm³/mol. The molecule has 1 saturated heterocycles. The van der Waals surface area contributed by atoms with Gasteiger partial charge in [0.1, 0.15) is 0 Å². The van der Waals surface area contributed by atoms with E-state index in [0.29, 0.717) is 36.5 Å². The number of primary amides is 1. The molecule has 4 N–H and O–H groups in total. The van der Waals surface area contributed by atoms with Crippen molar-refractivity contribution in [2.24, 2.45) is 5.73 Å². The van der Waals surface area contributed by atoms with E-state index in [2.05, 4.69) is 10.6 Å². The topological polar surface area (TPSA) is 122 Å². The van der Waals surface area contributed by atoms with Crippen LogP contribution in [0.25, 0.3) is 0 Å². The standard InChI is InChI=1S/C23H30N4O4S/c1-17(19-8-10-20(11-9-19)26-23(24)29)25-22(28)14-7-18-5-12-21(13-6-18)32(30,31)27-15-3-2-4-16-27/h5-6,8-13,17H,2-4,7,14-16H2,1H3,(H,25,28)(H3,24,26,29). The molecule has 3 amide bonds. The van der Waals surface area contributed by atoms with Crippen LogP contribution in [0.15, 0.2) is 53.4 Å². The van der Waals surface area contributed by atoms with Gasteiger partial charge in [0.05, 0.1) is 10.9 Å². The van der Waals surface area contributed by atoms with Crippen LogP contribution < -0.4 is 16.4 Å². The highest BCUT2D eigenvalue weighted by molar-refractivity contribution is 7.89. The van der Waals surface area contributed by atoms with Crippen molar-refractivity contribution in [1.29, 1.82) is 0 Å². The molecule has 2 aromatic rings. The van der Waals surface area contributed by atoms with Gasteiger partial charge in [0, 0.05) is 25.2 Å². The summed E-state index contributed by atoms with van der Waals surface area (Å²) in [6.45, 7) is 3.04. The van der Waals surface area contributed by atoms with Crippen LogP contribution >= 0.6 is 0 Å². The van der Waals surface area contributed by atoms with Crippen molar-refractivity contribution >= 4 is 27.6 Å². The zero-order valence-corrected chi connectivity index (χ0v) is 19.0. The van der Waals surface area contributed by atoms with Crippen molar-refractivity contribution in [3.05, 3.63) is 59.7 Å². The normalized spacial score (nSPS) is 15.7. The summed E-state index contributed by atoms with van der Waals surface area (Å²) in [6, 6.07) is 13.1. The Balaban J connectivity index is 1.50. The number of rotatable bonds is 8. The van der Waals surface area contributed by atoms with Crippen molar-refractivity contribution in [2.45, 2.75) is 50.0 Å². The number of benzene rings is 2. The zero-order valence-electron chi connectivity index (χ0n) is 18.2. The summed E-state index contributed by atoms with van der Waals surface area (Å²) in [5, 5.41) is 5.44. The van der Waals surface area contributed by atoms with Crippen molar-refractivity contribution in [1.82, 2.24) is 9.62 Å². The maximum atomic E-state index is 12.7. The van der Waals surface area contributed by atoms with Crippen molar-refractivity contribution < 1.29 is 18.0 Å². The van der Waals surface area contributed by atoms with Crippen LogP contribution in [0.4, 0.5) is 10.5 Å². The second kappa shape index (κ2) is 10.6. The third kappa shape index (κ3) is 6.30. The van der Waals surface area contributed by atoms with Gasteiger partial charge in [-0.15, -0.1) is 0 Å². The summed E-state index contributed by atoms with van der Waals surface area (Å²) in [5.41, 5.74) is 7.50. The number of nitrogens with zero attached hydrogens (tertiary/aromatic N) is 1. The fourth-order valence-electron chi connectivity index (χ4n) is 3.73. The molecule has 0 saturated carbocycles. The van der Waals surface area contributed by atoms with Crippen molar-refractivity contribution in [3.8, 4) is 0 Å². The van der Waals surface area contributed by atoms with E-state index in [-0.39, 0.29) is 11.9 Å². The Morgan fingerprint density at radius 1 is 1.00 bits per heavy atom. The quantitative estimate of drug-likeness (QED) is 0.562. The summed E-state index contributed by atoms with van der Waals surface area (Å²) in [5.74, 6) is -0.0955. The molecule has 1 aliphatic heterocycles. The van der Waals surface area contributed by atoms with Gasteiger partial charge in [0.15, 0.2) is 0 Å². The molecule has 9 heteroatoms. The van der Waals surface area contributed by atoms with Crippen molar-refractivity contribution in [2.75, 3.05) is 18.4 Å². The van der Waals surface area contributed by atoms with E-state index < -0.39 is 16.1 Å². The summed E-state index contributed by atoms with van der Waals surface area (Å²) in [4.78, 5) is 23.5. The highest BCUT2D eigenvalue weighted by Gasteiger charge is 2.25. The molecule has 1 fully saturated rings. The van der Waals surface area contributed by atoms with Crippen LogP contribution in [0, 0.1) is 0 Å². The van der Waals surface area contributed by atoms with Gasteiger partial charge in [-0.2, -0.15) is 4.31 Å². The van der Waals surface area contributed by atoms with E-state index in [1.807, 2.05) is 19.1 Å². The van der Waals surface area contributed by atoms with Crippen LogP contribution in [-0.2, 0) is 21.2 Å². The first-order chi connectivity index (χ1) is 15.3. The number of aryl methyl sites for hydroxylation is 1. The van der Waals surface area contributed by atoms with Crippen LogP contribution in [0.3, 0.4) is 0 Å². The number of hydrogen-bond acceptors (Lipinski definition) is 4. The highest BCUT2D eigenvalue weighted by atomic mass is 32.2. The monoisotopic (exact) mass is 458 g/mol. The predicted octanol–water partition coefficient (Wildman–Crippen LogP) is 3.16. The molecule has 2 aromatic carbocycles. The minimum atomic E-state index is -3.44. The molecule has 0 spiro atoms. The number of sulfonamides is 1. The SMILES string of the molecule is CC(NC(=O)CCc1ccc(S(=O)(=O)N2CCCCC2)cc1)c1ccc(NC(N)=O)cc1. The molecule has 172 valence electrons. The van der Waals surface area contributed by atoms with Crippen LogP contribution in [-0.4, -0.2) is 37.8 Å². The molecular formula is C23H30N4O4S. The number of urea groups is 1. The molecule has 3 rings (SSSR count). The van der Waals surface area contributed by atoms with Crippen molar-refractivity contribution in [3.63, 3.8) is 0 Å². The summed E-state index contributed by atoms with van der Waals surface area (Å²) >= 11 is 0. The number of nitrogens with one attached hydrogen (secondary N) is 2. The molecule has 0 radical (unpaired) electrons. The maximum Gasteiger partial charge on any atom is 0.316 e. The Bertz CT molecular complexity index is 1030. The van der Waals surface area contributed by atoms with Crippen LogP contribution in [0.1, 0.15) is 49.8 Å². The number of hydrogen-bond donors (Lipinski definition) is 3. The van der Waals surface area contributed by atoms with E-state index in [1.165, 1.54) is 0 Å². The molecule has 0 aliphatic carbocycles. The first-order valence-electron chi connectivity index (χ1n) is 10.8. The van der Waals surface area contributed by atoms with Gasteiger partial charge in [0.2, 0.25) is 15.9 Å². The fourth-order valence-corrected chi connectivity index (χ4v) is 5.25. The maximum absolute atomic E-state index is 12.7. The number of piperidine rings is 1. The molecule has 1 unspecified atom stereocenters. The molecule has 1 heterocycles. The third-order valence-electron chi connectivity index (χ3n) is 5.57. The third-order valence-corrected chi connectivity index (χ3v) is 7.49. The minimum Gasteiger partial charge on any atom is -0.351 e. The molecule has 1 atom stereocenters. The zero-order chi connectivity index (χ0) is 23.1. The Labute approximate surface area is 189 Å². The van der Waals surface area contributed by atoms with Gasteiger partial charge in [-0.05, 0) is 61.6 Å². The fraction of sp³-hybridized carbons (Fsp3) is 0.391. The van der Waals surface area contributed by atoms with E-state index in [9.17, 15) is 18.0 Å². The lowest BCUT2D eigenvalue weighted by Gasteiger charge is -2.25. The number of anilines is 1. The molecule has 8 nitrogen and oxygen atoms in total. The van der Waals surface area contributed by atoms with E-state index in [4.69, 9.17) is 5.73 Å². The molecule has 1 aliphatic rings. The first-order valence-corrected chi connectivity index (χ1v) is 12.2. The summed E-state index contributed by atoms with van der Waals surface area (Å²) in [7, 11) is -3.44. The Kier molecular flexibility index (Phi) is 7.87. The van der Waals surface area contributed by atoms with E-state index in [0.717, 1.165) is 30.4 Å². The van der Waals surface area contributed by atoms with Gasteiger partial charge in [0.25, 0.3) is 0 Å². The number of carbonyl (C=O) groups is 2.